The summed E-state index contributed by atoms with van der Waals surface area (Å²) >= 11 is 0. The summed E-state index contributed by atoms with van der Waals surface area (Å²) in [6, 6.07) is 11.5. The third-order valence-corrected chi connectivity index (χ3v) is 7.15. The molecule has 13 nitrogen and oxygen atoms in total. The quantitative estimate of drug-likeness (QED) is 0.289. The van der Waals surface area contributed by atoms with Crippen molar-refractivity contribution in [3.63, 3.8) is 0 Å². The van der Waals surface area contributed by atoms with Crippen LogP contribution in [0.5, 0.6) is 5.75 Å². The maximum atomic E-state index is 13.8. The molecule has 1 aliphatic rings. The zero-order valence-electron chi connectivity index (χ0n) is 22.6. The van der Waals surface area contributed by atoms with Gasteiger partial charge in [0.15, 0.2) is 17.1 Å². The summed E-state index contributed by atoms with van der Waals surface area (Å²) in [6.45, 7) is 7.35. The molecule has 2 N–H and O–H groups in total. The molecular weight excluding hydrogens is 514 g/mol. The van der Waals surface area contributed by atoms with Crippen molar-refractivity contribution in [1.82, 2.24) is 34.3 Å². The zero-order valence-corrected chi connectivity index (χ0v) is 22.6. The fourth-order valence-electron chi connectivity index (χ4n) is 4.97. The Morgan fingerprint density at radius 2 is 1.82 bits per heavy atom. The van der Waals surface area contributed by atoms with Crippen LogP contribution in [-0.4, -0.2) is 86.7 Å². The second-order valence-electron chi connectivity index (χ2n) is 10.1. The smallest absolute Gasteiger partial charge is 0.250 e. The van der Waals surface area contributed by atoms with E-state index in [1.807, 2.05) is 43.0 Å². The maximum Gasteiger partial charge on any atom is 0.250 e. The highest BCUT2D eigenvalue weighted by Crippen LogP contribution is 2.29. The van der Waals surface area contributed by atoms with Gasteiger partial charge in [-0.05, 0) is 50.2 Å². The molecule has 0 spiro atoms. The van der Waals surface area contributed by atoms with Gasteiger partial charge in [-0.15, -0.1) is 5.10 Å². The lowest BCUT2D eigenvalue weighted by Crippen LogP contribution is -2.55. The monoisotopic (exact) mass is 545 g/mol. The van der Waals surface area contributed by atoms with E-state index in [9.17, 15) is 4.79 Å². The molecule has 0 bridgehead atoms. The van der Waals surface area contributed by atoms with Crippen molar-refractivity contribution < 1.29 is 18.7 Å². The van der Waals surface area contributed by atoms with Crippen LogP contribution in [0.15, 0.2) is 53.3 Å². The van der Waals surface area contributed by atoms with E-state index in [-0.39, 0.29) is 11.9 Å². The van der Waals surface area contributed by atoms with Crippen LogP contribution in [-0.2, 0) is 15.1 Å². The molecule has 0 unspecified atom stereocenters. The molecular formula is C27H31N9O4. The third kappa shape index (κ3) is 4.47. The fraction of sp³-hybridized carbons (Fsp3) is 0.370. The zero-order chi connectivity index (χ0) is 27.9. The fourth-order valence-corrected chi connectivity index (χ4v) is 4.97. The minimum absolute atomic E-state index is 0.0444. The summed E-state index contributed by atoms with van der Waals surface area (Å²) in [6.07, 6.45) is 3.20. The Kier molecular flexibility index (Phi) is 6.50. The Balaban J connectivity index is 1.18. The van der Waals surface area contributed by atoms with Crippen LogP contribution < -0.4 is 15.4 Å². The molecule has 5 aromatic rings. The lowest BCUT2D eigenvalue weighted by atomic mass is 10.0. The van der Waals surface area contributed by atoms with E-state index in [1.165, 1.54) is 4.52 Å². The van der Waals surface area contributed by atoms with Crippen molar-refractivity contribution in [2.45, 2.75) is 19.4 Å². The van der Waals surface area contributed by atoms with E-state index in [1.54, 1.807) is 36.4 Å². The van der Waals surface area contributed by atoms with Gasteiger partial charge in [0.25, 0.3) is 0 Å². The summed E-state index contributed by atoms with van der Waals surface area (Å²) in [5, 5.41) is 9.63. The number of aromatic nitrogens is 6. The first-order chi connectivity index (χ1) is 19.4. The Morgan fingerprint density at radius 3 is 2.52 bits per heavy atom. The number of rotatable bonds is 8. The standard InChI is InChI=1S/C27H31N9O4/c1-27(2,25(37)34-12-10-33(11-13-34)18-6-8-19(9-7-18)39-16-15-38-3)36-24-20(17-29-36)23-30-22(21-5-4-14-40-21)32-35(23)26(28)31-24/h4-9,14,17H,10-13,15-16H2,1-3H3,(H2,28,31). The Morgan fingerprint density at radius 1 is 1.05 bits per heavy atom. The summed E-state index contributed by atoms with van der Waals surface area (Å²) in [5.41, 5.74) is 7.30. The predicted molar refractivity (Wildman–Crippen MR) is 148 cm³/mol. The van der Waals surface area contributed by atoms with Crippen molar-refractivity contribution >= 4 is 34.2 Å². The minimum Gasteiger partial charge on any atom is -0.491 e. The van der Waals surface area contributed by atoms with Crippen molar-refractivity contribution in [3.05, 3.63) is 48.9 Å². The van der Waals surface area contributed by atoms with E-state index < -0.39 is 5.54 Å². The van der Waals surface area contributed by atoms with Gasteiger partial charge in [-0.1, -0.05) is 0 Å². The topological polar surface area (TPSA) is 142 Å². The molecule has 1 fully saturated rings. The van der Waals surface area contributed by atoms with Gasteiger partial charge in [0.05, 0.1) is 24.5 Å². The number of anilines is 2. The molecule has 13 heteroatoms. The van der Waals surface area contributed by atoms with E-state index in [0.717, 1.165) is 11.4 Å². The number of piperazine rings is 1. The largest absolute Gasteiger partial charge is 0.491 e. The maximum absolute atomic E-state index is 13.8. The molecule has 0 aliphatic carbocycles. The van der Waals surface area contributed by atoms with Gasteiger partial charge >= 0.3 is 0 Å². The highest BCUT2D eigenvalue weighted by molar-refractivity contribution is 5.92. The first-order valence-electron chi connectivity index (χ1n) is 13.1. The lowest BCUT2D eigenvalue weighted by molar-refractivity contribution is -0.139. The van der Waals surface area contributed by atoms with Crippen LogP contribution >= 0.6 is 0 Å². The predicted octanol–water partition coefficient (Wildman–Crippen LogP) is 2.43. The van der Waals surface area contributed by atoms with Gasteiger partial charge in [0, 0.05) is 39.0 Å². The van der Waals surface area contributed by atoms with Gasteiger partial charge in [0.1, 0.15) is 17.9 Å². The van der Waals surface area contributed by atoms with Crippen LogP contribution in [0.2, 0.25) is 0 Å². The number of fused-ring (bicyclic) bond motifs is 3. The average molecular weight is 546 g/mol. The number of amides is 1. The number of nitrogen functional groups attached to an aromatic ring is 1. The van der Waals surface area contributed by atoms with Crippen LogP contribution in [0.4, 0.5) is 11.6 Å². The molecule has 0 radical (unpaired) electrons. The number of carbonyl (C=O) groups is 1. The third-order valence-electron chi connectivity index (χ3n) is 7.15. The Hall–Kier alpha value is -4.65. The van der Waals surface area contributed by atoms with Gasteiger partial charge in [0.2, 0.25) is 17.7 Å². The van der Waals surface area contributed by atoms with Crippen LogP contribution in [0.25, 0.3) is 28.3 Å². The molecule has 1 aromatic carbocycles. The van der Waals surface area contributed by atoms with Gasteiger partial charge in [-0.3, -0.25) is 4.79 Å². The molecule has 1 aliphatic heterocycles. The van der Waals surface area contributed by atoms with E-state index in [4.69, 9.17) is 19.6 Å². The SMILES string of the molecule is COCCOc1ccc(N2CCN(C(=O)C(C)(C)n3ncc4c3nc(N)n3nc(-c5ccco5)nc43)CC2)cc1. The highest BCUT2D eigenvalue weighted by atomic mass is 16.5. The minimum atomic E-state index is -1.01. The second-order valence-corrected chi connectivity index (χ2v) is 10.1. The number of hydrogen-bond acceptors (Lipinski definition) is 10. The van der Waals surface area contributed by atoms with Gasteiger partial charge < -0.3 is 29.4 Å². The number of nitrogens with zero attached hydrogens (tertiary/aromatic N) is 8. The number of hydrogen-bond donors (Lipinski definition) is 1. The second kappa shape index (κ2) is 10.2. The Labute approximate surface area is 230 Å². The highest BCUT2D eigenvalue weighted by Gasteiger charge is 2.38. The lowest BCUT2D eigenvalue weighted by Gasteiger charge is -2.39. The number of nitrogens with two attached hydrogens (primary N) is 1. The molecule has 4 aromatic heterocycles. The van der Waals surface area contributed by atoms with Gasteiger partial charge in [-0.2, -0.15) is 14.6 Å². The molecule has 0 atom stereocenters. The van der Waals surface area contributed by atoms with E-state index >= 15 is 0 Å². The molecule has 40 heavy (non-hydrogen) atoms. The van der Waals surface area contributed by atoms with Crippen LogP contribution in [0, 0.1) is 0 Å². The van der Waals surface area contributed by atoms with Crippen molar-refractivity contribution in [2.24, 2.45) is 0 Å². The molecule has 208 valence electrons. The number of furan rings is 1. The van der Waals surface area contributed by atoms with Crippen molar-refractivity contribution in [3.8, 4) is 17.3 Å². The van der Waals surface area contributed by atoms with Crippen LogP contribution in [0.1, 0.15) is 13.8 Å². The number of ether oxygens (including phenoxy) is 2. The summed E-state index contributed by atoms with van der Waals surface area (Å²) in [4.78, 5) is 27.1. The summed E-state index contributed by atoms with van der Waals surface area (Å²) in [7, 11) is 1.65. The van der Waals surface area contributed by atoms with Crippen LogP contribution in [0.3, 0.4) is 0 Å². The molecule has 0 saturated carbocycles. The number of carbonyl (C=O) groups excluding carboxylic acids is 1. The number of methoxy groups -OCH3 is 1. The summed E-state index contributed by atoms with van der Waals surface area (Å²) in [5.74, 6) is 1.81. The first kappa shape index (κ1) is 25.6. The van der Waals surface area contributed by atoms with Crippen molar-refractivity contribution in [2.75, 3.05) is 57.1 Å². The summed E-state index contributed by atoms with van der Waals surface area (Å²) < 4.78 is 19.2. The molecule has 1 saturated heterocycles. The van der Waals surface area contributed by atoms with E-state index in [2.05, 4.69) is 25.1 Å². The average Bonchev–Trinajstić information content (AvgIpc) is 3.73. The van der Waals surface area contributed by atoms with E-state index in [0.29, 0.717) is 67.7 Å². The molecule has 5 heterocycles. The molecule has 6 rings (SSSR count). The molecule has 1 amide bonds. The first-order valence-corrected chi connectivity index (χ1v) is 13.1. The number of benzene rings is 1. The van der Waals surface area contributed by atoms with Crippen molar-refractivity contribution in [1.29, 1.82) is 0 Å². The normalized spacial score (nSPS) is 14.4. The Bertz CT molecular complexity index is 1630. The van der Waals surface area contributed by atoms with Gasteiger partial charge in [-0.25, -0.2) is 9.67 Å².